The third-order valence-electron chi connectivity index (χ3n) is 5.17. The van der Waals surface area contributed by atoms with Crippen molar-refractivity contribution in [2.45, 2.75) is 25.3 Å². The van der Waals surface area contributed by atoms with E-state index in [1.165, 1.54) is 5.56 Å². The fourth-order valence-electron chi connectivity index (χ4n) is 4.07. The molecule has 0 bridgehead atoms. The van der Waals surface area contributed by atoms with Crippen LogP contribution >= 0.6 is 15.9 Å². The molecule has 0 aromatic heterocycles. The van der Waals surface area contributed by atoms with Gasteiger partial charge in [0.25, 0.3) is 0 Å². The summed E-state index contributed by atoms with van der Waals surface area (Å²) in [4.78, 5) is 11.7. The Kier molecular flexibility index (Phi) is 3.72. The first-order valence-corrected chi connectivity index (χ1v) is 8.91. The van der Waals surface area contributed by atoms with Gasteiger partial charge in [-0.2, -0.15) is 0 Å². The first kappa shape index (κ1) is 15.5. The Morgan fingerprint density at radius 2 is 2.12 bits per heavy atom. The average Bonchev–Trinajstić information content (AvgIpc) is 3.04. The number of allylic oxidation sites excluding steroid dienone is 2. The molecule has 4 heteroatoms. The van der Waals surface area contributed by atoms with Crippen molar-refractivity contribution in [3.8, 4) is 0 Å². The van der Waals surface area contributed by atoms with Gasteiger partial charge >= 0.3 is 5.97 Å². The number of halogens is 1. The smallest absolute Gasteiger partial charge is 0.336 e. The predicted octanol–water partition coefficient (Wildman–Crippen LogP) is 5.28. The number of fused-ring (bicyclic) bond motifs is 3. The van der Waals surface area contributed by atoms with Crippen LogP contribution < -0.4 is 5.32 Å². The maximum Gasteiger partial charge on any atom is 0.336 e. The molecule has 4 rings (SSSR count). The van der Waals surface area contributed by atoms with Crippen LogP contribution in [0, 0.1) is 12.8 Å². The van der Waals surface area contributed by atoms with Crippen molar-refractivity contribution in [2.75, 3.05) is 5.32 Å². The number of nitrogens with one attached hydrogen (secondary N) is 1. The molecule has 0 radical (unpaired) electrons. The highest BCUT2D eigenvalue weighted by Gasteiger charge is 2.40. The SMILES string of the molecule is Cc1ccc(C(=O)O)c2c1N[C@H](c1cccc(Br)c1)[C@H]1CC=C[C@@H]21. The molecule has 3 nitrogen and oxygen atoms in total. The molecule has 2 N–H and O–H groups in total. The second kappa shape index (κ2) is 5.78. The first-order valence-electron chi connectivity index (χ1n) is 8.11. The predicted molar refractivity (Wildman–Crippen MR) is 98.6 cm³/mol. The van der Waals surface area contributed by atoms with Crippen LogP contribution in [0.2, 0.25) is 0 Å². The summed E-state index contributed by atoms with van der Waals surface area (Å²) < 4.78 is 1.06. The van der Waals surface area contributed by atoms with Crippen LogP contribution in [0.1, 0.15) is 45.4 Å². The van der Waals surface area contributed by atoms with Crippen LogP contribution in [-0.2, 0) is 0 Å². The number of rotatable bonds is 2. The lowest BCUT2D eigenvalue weighted by molar-refractivity contribution is 0.0695. The summed E-state index contributed by atoms with van der Waals surface area (Å²) in [5.41, 5.74) is 4.65. The molecule has 0 fully saturated rings. The zero-order chi connectivity index (χ0) is 16.8. The summed E-state index contributed by atoms with van der Waals surface area (Å²) in [6, 6.07) is 12.2. The number of benzene rings is 2. The number of carbonyl (C=O) groups is 1. The maximum absolute atomic E-state index is 11.7. The minimum Gasteiger partial charge on any atom is -0.478 e. The Morgan fingerprint density at radius 1 is 1.29 bits per heavy atom. The minimum atomic E-state index is -0.854. The highest BCUT2D eigenvalue weighted by atomic mass is 79.9. The van der Waals surface area contributed by atoms with E-state index in [0.29, 0.717) is 11.5 Å². The molecule has 2 aromatic carbocycles. The molecule has 0 unspecified atom stereocenters. The van der Waals surface area contributed by atoms with Crippen LogP contribution in [0.15, 0.2) is 53.0 Å². The van der Waals surface area contributed by atoms with E-state index < -0.39 is 5.97 Å². The van der Waals surface area contributed by atoms with E-state index in [4.69, 9.17) is 0 Å². The summed E-state index contributed by atoms with van der Waals surface area (Å²) in [5, 5.41) is 13.3. The Labute approximate surface area is 149 Å². The van der Waals surface area contributed by atoms with Crippen molar-refractivity contribution in [1.82, 2.24) is 0 Å². The molecule has 122 valence electrons. The van der Waals surface area contributed by atoms with Crippen LogP contribution in [0.25, 0.3) is 0 Å². The molecule has 2 aliphatic rings. The molecular weight excluding hydrogens is 366 g/mol. The molecule has 3 atom stereocenters. The lowest BCUT2D eigenvalue weighted by Crippen LogP contribution is -2.31. The fraction of sp³-hybridized carbons (Fsp3) is 0.250. The minimum absolute atomic E-state index is 0.149. The van der Waals surface area contributed by atoms with E-state index in [-0.39, 0.29) is 12.0 Å². The molecule has 24 heavy (non-hydrogen) atoms. The summed E-state index contributed by atoms with van der Waals surface area (Å²) in [6.45, 7) is 2.04. The third kappa shape index (κ3) is 2.37. The molecule has 1 aliphatic heterocycles. The molecule has 2 aromatic rings. The quantitative estimate of drug-likeness (QED) is 0.693. The van der Waals surface area contributed by atoms with E-state index in [9.17, 15) is 9.90 Å². The Hall–Kier alpha value is -2.07. The topological polar surface area (TPSA) is 49.3 Å². The number of hydrogen-bond acceptors (Lipinski definition) is 2. The van der Waals surface area contributed by atoms with Gasteiger partial charge < -0.3 is 10.4 Å². The summed E-state index contributed by atoms with van der Waals surface area (Å²) in [7, 11) is 0. The number of carboxylic acid groups (broad SMARTS) is 1. The van der Waals surface area contributed by atoms with Gasteiger partial charge in [0, 0.05) is 16.1 Å². The number of aromatic carboxylic acids is 1. The van der Waals surface area contributed by atoms with Crippen LogP contribution in [0.3, 0.4) is 0 Å². The zero-order valence-electron chi connectivity index (χ0n) is 13.3. The second-order valence-corrected chi connectivity index (χ2v) is 7.47. The van der Waals surface area contributed by atoms with Crippen molar-refractivity contribution < 1.29 is 9.90 Å². The second-order valence-electron chi connectivity index (χ2n) is 6.55. The maximum atomic E-state index is 11.7. The van der Waals surface area contributed by atoms with Crippen molar-refractivity contribution in [1.29, 1.82) is 0 Å². The van der Waals surface area contributed by atoms with E-state index in [0.717, 1.165) is 27.7 Å². The Balaban J connectivity index is 1.88. The number of aryl methyl sites for hydroxylation is 1. The van der Waals surface area contributed by atoms with E-state index in [1.54, 1.807) is 6.07 Å². The van der Waals surface area contributed by atoms with Gasteiger partial charge in [-0.05, 0) is 54.2 Å². The first-order chi connectivity index (χ1) is 11.6. The number of hydrogen-bond donors (Lipinski definition) is 2. The average molecular weight is 384 g/mol. The van der Waals surface area contributed by atoms with Crippen LogP contribution in [0.5, 0.6) is 0 Å². The van der Waals surface area contributed by atoms with Crippen molar-refractivity contribution in [3.05, 3.63) is 75.3 Å². The molecule has 0 saturated heterocycles. The fourth-order valence-corrected chi connectivity index (χ4v) is 4.49. The van der Waals surface area contributed by atoms with Gasteiger partial charge in [0.05, 0.1) is 11.6 Å². The van der Waals surface area contributed by atoms with Gasteiger partial charge in [-0.25, -0.2) is 4.79 Å². The van der Waals surface area contributed by atoms with E-state index in [2.05, 4.69) is 51.6 Å². The summed E-state index contributed by atoms with van der Waals surface area (Å²) >= 11 is 3.56. The van der Waals surface area contributed by atoms with E-state index in [1.807, 2.05) is 19.1 Å². The molecular formula is C20H18BrNO2. The lowest BCUT2D eigenvalue weighted by atomic mass is 9.75. The van der Waals surface area contributed by atoms with Crippen molar-refractivity contribution >= 4 is 27.6 Å². The number of anilines is 1. The van der Waals surface area contributed by atoms with Gasteiger partial charge in [-0.1, -0.05) is 46.3 Å². The van der Waals surface area contributed by atoms with Crippen LogP contribution in [-0.4, -0.2) is 11.1 Å². The van der Waals surface area contributed by atoms with Gasteiger partial charge in [-0.3, -0.25) is 0 Å². The number of carboxylic acids is 1. The van der Waals surface area contributed by atoms with Gasteiger partial charge in [0.15, 0.2) is 0 Å². The largest absolute Gasteiger partial charge is 0.478 e. The zero-order valence-corrected chi connectivity index (χ0v) is 14.9. The summed E-state index contributed by atoms with van der Waals surface area (Å²) in [6.07, 6.45) is 5.33. The van der Waals surface area contributed by atoms with Crippen molar-refractivity contribution in [3.63, 3.8) is 0 Å². The highest BCUT2D eigenvalue weighted by molar-refractivity contribution is 9.10. The van der Waals surface area contributed by atoms with Crippen molar-refractivity contribution in [2.24, 2.45) is 5.92 Å². The monoisotopic (exact) mass is 383 g/mol. The normalized spacial score (nSPS) is 24.2. The van der Waals surface area contributed by atoms with Gasteiger partial charge in [0.2, 0.25) is 0 Å². The van der Waals surface area contributed by atoms with E-state index >= 15 is 0 Å². The highest BCUT2D eigenvalue weighted by Crippen LogP contribution is 2.51. The molecule has 1 heterocycles. The lowest BCUT2D eigenvalue weighted by Gasteiger charge is -2.39. The van der Waals surface area contributed by atoms with Gasteiger partial charge in [-0.15, -0.1) is 0 Å². The standard InChI is InChI=1S/C20H18BrNO2/c1-11-8-9-16(20(23)24)17-14-6-3-7-15(14)19(22-18(11)17)12-4-2-5-13(21)10-12/h2-6,8-10,14-15,19,22H,7H2,1H3,(H,23,24)/t14-,15+,19-/m1/s1. The third-order valence-corrected chi connectivity index (χ3v) is 5.66. The molecule has 1 aliphatic carbocycles. The Bertz CT molecular complexity index is 859. The Morgan fingerprint density at radius 3 is 2.88 bits per heavy atom. The van der Waals surface area contributed by atoms with Gasteiger partial charge in [0.1, 0.15) is 0 Å². The summed E-state index contributed by atoms with van der Waals surface area (Å²) in [5.74, 6) is -0.365. The molecule has 0 spiro atoms. The molecule has 0 saturated carbocycles. The van der Waals surface area contributed by atoms with Crippen LogP contribution in [0.4, 0.5) is 5.69 Å². The molecule has 0 amide bonds.